The van der Waals surface area contributed by atoms with Crippen LogP contribution >= 0.6 is 0 Å². The first-order valence-corrected chi connectivity index (χ1v) is 12.8. The van der Waals surface area contributed by atoms with Gasteiger partial charge in [0.05, 0.1) is 21.5 Å². The fourth-order valence-electron chi connectivity index (χ4n) is 3.64. The standard InChI is InChI=1S/C22H20N4O5S2/c23-32(28,29)18-10-6-16(7-11-18)25-20-14-21(15-4-2-1-3-5-15)26(22(20)27)17-8-12-19(13-9-17)33(24,30)31/h1-13,21H,14H2,(H2,23,28,29)(H2,24,30,31). The summed E-state index contributed by atoms with van der Waals surface area (Å²) in [7, 11) is -7.70. The van der Waals surface area contributed by atoms with E-state index in [0.29, 0.717) is 17.8 Å². The van der Waals surface area contributed by atoms with Crippen LogP contribution < -0.4 is 15.2 Å². The molecule has 1 heterocycles. The minimum Gasteiger partial charge on any atom is -0.299 e. The molecule has 0 bridgehead atoms. The van der Waals surface area contributed by atoms with Crippen LogP contribution in [0.3, 0.4) is 0 Å². The van der Waals surface area contributed by atoms with Crippen molar-refractivity contribution in [1.82, 2.24) is 0 Å². The highest BCUT2D eigenvalue weighted by Gasteiger charge is 2.38. The van der Waals surface area contributed by atoms with E-state index in [1.54, 1.807) is 4.90 Å². The molecule has 1 unspecified atom stereocenters. The van der Waals surface area contributed by atoms with Gasteiger partial charge in [0.1, 0.15) is 5.71 Å². The number of benzene rings is 3. The van der Waals surface area contributed by atoms with Gasteiger partial charge in [0.15, 0.2) is 0 Å². The number of carbonyl (C=O) groups is 1. The first kappa shape index (κ1) is 22.8. The Hall–Kier alpha value is -3.38. The summed E-state index contributed by atoms with van der Waals surface area (Å²) in [6.07, 6.45) is 0.302. The van der Waals surface area contributed by atoms with Gasteiger partial charge in [0, 0.05) is 12.1 Å². The number of hydrogen-bond acceptors (Lipinski definition) is 6. The van der Waals surface area contributed by atoms with Crippen LogP contribution in [0.25, 0.3) is 0 Å². The summed E-state index contributed by atoms with van der Waals surface area (Å²) in [6, 6.07) is 20.4. The summed E-state index contributed by atoms with van der Waals surface area (Å²) in [4.78, 5) is 19.2. The first-order chi connectivity index (χ1) is 15.5. The van der Waals surface area contributed by atoms with Gasteiger partial charge < -0.3 is 0 Å². The van der Waals surface area contributed by atoms with E-state index in [1.165, 1.54) is 48.5 Å². The predicted molar refractivity (Wildman–Crippen MR) is 124 cm³/mol. The van der Waals surface area contributed by atoms with Gasteiger partial charge in [-0.25, -0.2) is 32.1 Å². The molecule has 9 nitrogen and oxygen atoms in total. The molecule has 0 radical (unpaired) electrons. The monoisotopic (exact) mass is 484 g/mol. The maximum atomic E-state index is 13.3. The Morgan fingerprint density at radius 1 is 0.758 bits per heavy atom. The van der Waals surface area contributed by atoms with E-state index < -0.39 is 20.0 Å². The lowest BCUT2D eigenvalue weighted by molar-refractivity contribution is -0.112. The zero-order chi connectivity index (χ0) is 23.8. The largest absolute Gasteiger partial charge is 0.299 e. The molecule has 33 heavy (non-hydrogen) atoms. The van der Waals surface area contributed by atoms with E-state index in [0.717, 1.165) is 5.56 Å². The molecular formula is C22H20N4O5S2. The molecule has 0 aliphatic carbocycles. The lowest BCUT2D eigenvalue weighted by atomic mass is 10.0. The van der Waals surface area contributed by atoms with Gasteiger partial charge in [-0.15, -0.1) is 0 Å². The molecule has 0 aromatic heterocycles. The SMILES string of the molecule is NS(=O)(=O)c1ccc(N=C2CC(c3ccccc3)N(c3ccc(S(N)(=O)=O)cc3)C2=O)cc1. The molecule has 0 saturated carbocycles. The van der Waals surface area contributed by atoms with E-state index >= 15 is 0 Å². The second-order valence-electron chi connectivity index (χ2n) is 7.44. The van der Waals surface area contributed by atoms with Crippen LogP contribution in [0.4, 0.5) is 11.4 Å². The van der Waals surface area contributed by atoms with Crippen molar-refractivity contribution in [2.75, 3.05) is 4.90 Å². The highest BCUT2D eigenvalue weighted by molar-refractivity contribution is 7.89. The maximum Gasteiger partial charge on any atom is 0.273 e. The topological polar surface area (TPSA) is 153 Å². The van der Waals surface area contributed by atoms with Crippen LogP contribution in [0.1, 0.15) is 18.0 Å². The molecule has 4 rings (SSSR count). The van der Waals surface area contributed by atoms with Gasteiger partial charge >= 0.3 is 0 Å². The third-order valence-electron chi connectivity index (χ3n) is 5.22. The average Bonchev–Trinajstić information content (AvgIpc) is 3.09. The third-order valence-corrected chi connectivity index (χ3v) is 7.08. The molecular weight excluding hydrogens is 464 g/mol. The number of hydrogen-bond donors (Lipinski definition) is 2. The number of amides is 1. The Morgan fingerprint density at radius 3 is 1.79 bits per heavy atom. The molecule has 1 fully saturated rings. The van der Waals surface area contributed by atoms with E-state index in [2.05, 4.69) is 4.99 Å². The Kier molecular flexibility index (Phi) is 5.89. The Labute approximate surface area is 191 Å². The number of sulfonamides is 2. The lowest BCUT2D eigenvalue weighted by Gasteiger charge is -2.24. The molecule has 1 aliphatic rings. The van der Waals surface area contributed by atoms with Crippen LogP contribution in [0.5, 0.6) is 0 Å². The number of aliphatic imine (C=N–C) groups is 1. The molecule has 4 N–H and O–H groups in total. The molecule has 11 heteroatoms. The van der Waals surface area contributed by atoms with E-state index in [4.69, 9.17) is 10.3 Å². The molecule has 3 aromatic carbocycles. The summed E-state index contributed by atoms with van der Waals surface area (Å²) in [5.41, 5.74) is 2.07. The van der Waals surface area contributed by atoms with Gasteiger partial charge in [-0.1, -0.05) is 30.3 Å². The quantitative estimate of drug-likeness (QED) is 0.569. The third kappa shape index (κ3) is 4.86. The summed E-state index contributed by atoms with van der Waals surface area (Å²) in [5.74, 6) is -0.345. The maximum absolute atomic E-state index is 13.3. The number of carbonyl (C=O) groups excluding carboxylic acids is 1. The fourth-order valence-corrected chi connectivity index (χ4v) is 4.67. The van der Waals surface area contributed by atoms with Crippen LogP contribution in [-0.4, -0.2) is 28.5 Å². The summed E-state index contributed by atoms with van der Waals surface area (Å²) >= 11 is 0. The Morgan fingerprint density at radius 2 is 1.27 bits per heavy atom. The smallest absolute Gasteiger partial charge is 0.273 e. The highest BCUT2D eigenvalue weighted by atomic mass is 32.2. The molecule has 170 valence electrons. The van der Waals surface area contributed by atoms with Crippen molar-refractivity contribution >= 4 is 43.0 Å². The zero-order valence-corrected chi connectivity index (χ0v) is 18.8. The van der Waals surface area contributed by atoms with Crippen LogP contribution in [0.2, 0.25) is 0 Å². The highest BCUT2D eigenvalue weighted by Crippen LogP contribution is 2.37. The Bertz CT molecular complexity index is 1430. The van der Waals surface area contributed by atoms with E-state index in [9.17, 15) is 21.6 Å². The van der Waals surface area contributed by atoms with Crippen LogP contribution in [0.15, 0.2) is 93.6 Å². The normalized spacial score (nSPS) is 18.1. The van der Waals surface area contributed by atoms with Crippen molar-refractivity contribution in [3.63, 3.8) is 0 Å². The number of nitrogens with zero attached hydrogens (tertiary/aromatic N) is 2. The molecule has 0 spiro atoms. The minimum absolute atomic E-state index is 0.0528. The molecule has 3 aromatic rings. The lowest BCUT2D eigenvalue weighted by Crippen LogP contribution is -2.29. The number of nitrogens with two attached hydrogens (primary N) is 2. The van der Waals surface area contributed by atoms with Crippen molar-refractivity contribution in [3.05, 3.63) is 84.4 Å². The van der Waals surface area contributed by atoms with Crippen molar-refractivity contribution in [2.45, 2.75) is 22.3 Å². The van der Waals surface area contributed by atoms with Gasteiger partial charge in [-0.05, 0) is 54.1 Å². The molecule has 1 saturated heterocycles. The van der Waals surface area contributed by atoms with Gasteiger partial charge in [0.2, 0.25) is 20.0 Å². The van der Waals surface area contributed by atoms with Crippen molar-refractivity contribution in [3.8, 4) is 0 Å². The first-order valence-electron chi connectivity index (χ1n) is 9.76. The summed E-state index contributed by atoms with van der Waals surface area (Å²) < 4.78 is 46.1. The fraction of sp³-hybridized carbons (Fsp3) is 0.0909. The van der Waals surface area contributed by atoms with Crippen molar-refractivity contribution < 1.29 is 21.6 Å². The molecule has 1 atom stereocenters. The predicted octanol–water partition coefficient (Wildman–Crippen LogP) is 2.23. The molecule has 1 amide bonds. The zero-order valence-electron chi connectivity index (χ0n) is 17.2. The minimum atomic E-state index is -3.87. The number of anilines is 1. The average molecular weight is 485 g/mol. The summed E-state index contributed by atoms with van der Waals surface area (Å²) in [5, 5.41) is 10.3. The van der Waals surface area contributed by atoms with Gasteiger partial charge in [-0.2, -0.15) is 0 Å². The second kappa shape index (κ2) is 8.52. The van der Waals surface area contributed by atoms with Crippen LogP contribution in [0, 0.1) is 0 Å². The van der Waals surface area contributed by atoms with Crippen LogP contribution in [-0.2, 0) is 24.8 Å². The van der Waals surface area contributed by atoms with Crippen molar-refractivity contribution in [2.24, 2.45) is 15.3 Å². The summed E-state index contributed by atoms with van der Waals surface area (Å²) in [6.45, 7) is 0. The van der Waals surface area contributed by atoms with E-state index in [1.807, 2.05) is 30.3 Å². The molecule has 1 aliphatic heterocycles. The number of rotatable bonds is 5. The Balaban J connectivity index is 1.73. The van der Waals surface area contributed by atoms with E-state index in [-0.39, 0.29) is 27.5 Å². The number of primary sulfonamides is 2. The van der Waals surface area contributed by atoms with Gasteiger partial charge in [0.25, 0.3) is 5.91 Å². The second-order valence-corrected chi connectivity index (χ2v) is 10.6. The van der Waals surface area contributed by atoms with Crippen molar-refractivity contribution in [1.29, 1.82) is 0 Å². The van der Waals surface area contributed by atoms with Gasteiger partial charge in [-0.3, -0.25) is 9.69 Å².